The summed E-state index contributed by atoms with van der Waals surface area (Å²) in [7, 11) is 0. The Kier molecular flexibility index (Phi) is 5.74. The van der Waals surface area contributed by atoms with E-state index in [2.05, 4.69) is 23.2 Å². The van der Waals surface area contributed by atoms with Crippen LogP contribution in [-0.2, 0) is 9.53 Å². The fraction of sp³-hybridized carbons (Fsp3) is 0.632. The number of anilines is 2. The number of carbonyl (C=O) groups excluding carboxylic acids is 1. The number of carbonyl (C=O) groups is 1. The third-order valence-electron chi connectivity index (χ3n) is 5.21. The van der Waals surface area contributed by atoms with Gasteiger partial charge >= 0.3 is 0 Å². The number of rotatable bonds is 4. The van der Waals surface area contributed by atoms with Gasteiger partial charge < -0.3 is 20.1 Å². The van der Waals surface area contributed by atoms with Crippen molar-refractivity contribution in [3.05, 3.63) is 24.3 Å². The summed E-state index contributed by atoms with van der Waals surface area (Å²) in [6.07, 6.45) is 3.45. The van der Waals surface area contributed by atoms with Crippen LogP contribution in [0.4, 0.5) is 11.4 Å². The summed E-state index contributed by atoms with van der Waals surface area (Å²) in [5.74, 6) is 0.890. The van der Waals surface area contributed by atoms with E-state index in [-0.39, 0.29) is 18.6 Å². The number of para-hydroxylation sites is 2. The zero-order chi connectivity index (χ0) is 16.9. The summed E-state index contributed by atoms with van der Waals surface area (Å²) in [4.78, 5) is 14.9. The van der Waals surface area contributed by atoms with E-state index in [1.807, 2.05) is 18.2 Å². The molecule has 2 aliphatic rings. The fourth-order valence-corrected chi connectivity index (χ4v) is 3.57. The Morgan fingerprint density at radius 2 is 2.04 bits per heavy atom. The van der Waals surface area contributed by atoms with Crippen molar-refractivity contribution in [3.8, 4) is 0 Å². The van der Waals surface area contributed by atoms with Gasteiger partial charge in [-0.2, -0.15) is 0 Å². The third-order valence-corrected chi connectivity index (χ3v) is 5.21. The molecule has 0 spiro atoms. The van der Waals surface area contributed by atoms with Crippen molar-refractivity contribution in [1.29, 1.82) is 0 Å². The molecule has 2 heterocycles. The second kappa shape index (κ2) is 7.99. The normalized spacial score (nSPS) is 25.5. The van der Waals surface area contributed by atoms with E-state index in [1.54, 1.807) is 0 Å². The van der Waals surface area contributed by atoms with Gasteiger partial charge in [-0.15, -0.1) is 0 Å². The molecule has 3 rings (SSSR count). The number of benzene rings is 1. The van der Waals surface area contributed by atoms with Gasteiger partial charge in [-0.1, -0.05) is 19.1 Å². The Labute approximate surface area is 144 Å². The van der Waals surface area contributed by atoms with Gasteiger partial charge in [0, 0.05) is 26.3 Å². The first-order chi connectivity index (χ1) is 11.7. The van der Waals surface area contributed by atoms with Gasteiger partial charge in [0.1, 0.15) is 6.10 Å². The standard InChI is InChI=1S/C19H28N2O3/c1-14-8-11-24-18(12-14)19(23)20-16-4-2-3-5-17(16)21-9-6-15(13-22)7-10-21/h2-5,14-15,18,22H,6-13H2,1H3,(H,20,23)/t14-,18-/m0/s1. The molecule has 1 aromatic carbocycles. The molecule has 0 bridgehead atoms. The van der Waals surface area contributed by atoms with Crippen LogP contribution in [-0.4, -0.2) is 43.4 Å². The van der Waals surface area contributed by atoms with Crippen LogP contribution in [0, 0.1) is 11.8 Å². The first kappa shape index (κ1) is 17.2. The Hall–Kier alpha value is -1.59. The summed E-state index contributed by atoms with van der Waals surface area (Å²) < 4.78 is 5.64. The molecule has 2 fully saturated rings. The Morgan fingerprint density at radius 3 is 2.75 bits per heavy atom. The van der Waals surface area contributed by atoms with Crippen LogP contribution in [0.25, 0.3) is 0 Å². The molecule has 24 heavy (non-hydrogen) atoms. The van der Waals surface area contributed by atoms with Gasteiger partial charge in [0.15, 0.2) is 0 Å². The van der Waals surface area contributed by atoms with Crippen molar-refractivity contribution in [2.45, 2.75) is 38.7 Å². The molecule has 1 aromatic rings. The van der Waals surface area contributed by atoms with Gasteiger partial charge in [-0.05, 0) is 49.7 Å². The van der Waals surface area contributed by atoms with Gasteiger partial charge in [-0.3, -0.25) is 4.79 Å². The fourth-order valence-electron chi connectivity index (χ4n) is 3.57. The van der Waals surface area contributed by atoms with Crippen molar-refractivity contribution >= 4 is 17.3 Å². The highest BCUT2D eigenvalue weighted by molar-refractivity contribution is 5.97. The summed E-state index contributed by atoms with van der Waals surface area (Å²) in [6, 6.07) is 7.96. The molecular weight excluding hydrogens is 304 g/mol. The van der Waals surface area contributed by atoms with Crippen LogP contribution in [0.2, 0.25) is 0 Å². The Morgan fingerprint density at radius 1 is 1.29 bits per heavy atom. The molecule has 2 atom stereocenters. The zero-order valence-corrected chi connectivity index (χ0v) is 14.4. The largest absolute Gasteiger partial charge is 0.396 e. The molecule has 1 amide bonds. The second-order valence-electron chi connectivity index (χ2n) is 7.11. The van der Waals surface area contributed by atoms with Crippen molar-refractivity contribution in [2.24, 2.45) is 11.8 Å². The average Bonchev–Trinajstić information content (AvgIpc) is 2.62. The lowest BCUT2D eigenvalue weighted by Gasteiger charge is -2.34. The quantitative estimate of drug-likeness (QED) is 0.890. The molecule has 5 heteroatoms. The van der Waals surface area contributed by atoms with Crippen molar-refractivity contribution in [3.63, 3.8) is 0 Å². The van der Waals surface area contributed by atoms with E-state index < -0.39 is 0 Å². The van der Waals surface area contributed by atoms with Crippen LogP contribution < -0.4 is 10.2 Å². The lowest BCUT2D eigenvalue weighted by Crippen LogP contribution is -2.37. The van der Waals surface area contributed by atoms with E-state index in [9.17, 15) is 9.90 Å². The number of hydrogen-bond acceptors (Lipinski definition) is 4. The van der Waals surface area contributed by atoms with Crippen molar-refractivity contribution < 1.29 is 14.6 Å². The van der Waals surface area contributed by atoms with E-state index in [4.69, 9.17) is 4.74 Å². The van der Waals surface area contributed by atoms with Gasteiger partial charge in [0.05, 0.1) is 11.4 Å². The molecule has 0 aromatic heterocycles. The molecule has 0 saturated carbocycles. The summed E-state index contributed by atoms with van der Waals surface area (Å²) >= 11 is 0. The molecule has 0 unspecified atom stereocenters. The topological polar surface area (TPSA) is 61.8 Å². The monoisotopic (exact) mass is 332 g/mol. The second-order valence-corrected chi connectivity index (χ2v) is 7.11. The molecule has 5 nitrogen and oxygen atoms in total. The minimum absolute atomic E-state index is 0.0424. The van der Waals surface area contributed by atoms with Crippen molar-refractivity contribution in [2.75, 3.05) is 36.5 Å². The highest BCUT2D eigenvalue weighted by atomic mass is 16.5. The number of nitrogens with zero attached hydrogens (tertiary/aromatic N) is 1. The first-order valence-corrected chi connectivity index (χ1v) is 9.04. The van der Waals surface area contributed by atoms with Gasteiger partial charge in [0.25, 0.3) is 5.91 Å². The maximum atomic E-state index is 12.6. The van der Waals surface area contributed by atoms with Crippen LogP contribution in [0.15, 0.2) is 24.3 Å². The number of nitrogens with one attached hydrogen (secondary N) is 1. The zero-order valence-electron chi connectivity index (χ0n) is 14.4. The van der Waals surface area contributed by atoms with E-state index >= 15 is 0 Å². The van der Waals surface area contributed by atoms with Gasteiger partial charge in [0.2, 0.25) is 0 Å². The lowest BCUT2D eigenvalue weighted by atomic mass is 9.96. The summed E-state index contributed by atoms with van der Waals surface area (Å²) in [6.45, 7) is 4.92. The minimum atomic E-state index is -0.345. The molecule has 2 aliphatic heterocycles. The van der Waals surface area contributed by atoms with Crippen LogP contribution in [0.1, 0.15) is 32.6 Å². The van der Waals surface area contributed by atoms with E-state index in [0.717, 1.165) is 50.1 Å². The number of hydrogen-bond donors (Lipinski definition) is 2. The Balaban J connectivity index is 1.67. The Bertz CT molecular complexity index is 555. The predicted octanol–water partition coefficient (Wildman–Crippen LogP) is 2.65. The highest BCUT2D eigenvalue weighted by Crippen LogP contribution is 2.30. The van der Waals surface area contributed by atoms with Gasteiger partial charge in [-0.25, -0.2) is 0 Å². The maximum absolute atomic E-state index is 12.6. The van der Waals surface area contributed by atoms with Crippen LogP contribution in [0.5, 0.6) is 0 Å². The minimum Gasteiger partial charge on any atom is -0.396 e. The number of amides is 1. The molecule has 2 N–H and O–H groups in total. The summed E-state index contributed by atoms with van der Waals surface area (Å²) in [5, 5.41) is 12.4. The lowest BCUT2D eigenvalue weighted by molar-refractivity contribution is -0.131. The number of aliphatic hydroxyl groups is 1. The number of piperidine rings is 1. The number of ether oxygens (including phenoxy) is 1. The molecule has 0 aliphatic carbocycles. The number of aliphatic hydroxyl groups excluding tert-OH is 1. The summed E-state index contributed by atoms with van der Waals surface area (Å²) in [5.41, 5.74) is 1.91. The predicted molar refractivity (Wildman–Crippen MR) is 95.2 cm³/mol. The SMILES string of the molecule is C[C@H]1CCO[C@H](C(=O)Nc2ccccc2N2CCC(CO)CC2)C1. The molecule has 132 valence electrons. The molecule has 0 radical (unpaired) electrons. The third kappa shape index (κ3) is 4.08. The van der Waals surface area contributed by atoms with Crippen LogP contribution >= 0.6 is 0 Å². The smallest absolute Gasteiger partial charge is 0.253 e. The molecular formula is C19H28N2O3. The van der Waals surface area contributed by atoms with E-state index in [0.29, 0.717) is 18.4 Å². The first-order valence-electron chi connectivity index (χ1n) is 9.04. The van der Waals surface area contributed by atoms with Crippen molar-refractivity contribution in [1.82, 2.24) is 0 Å². The molecule has 2 saturated heterocycles. The average molecular weight is 332 g/mol. The highest BCUT2D eigenvalue weighted by Gasteiger charge is 2.27. The van der Waals surface area contributed by atoms with E-state index in [1.165, 1.54) is 0 Å². The maximum Gasteiger partial charge on any atom is 0.253 e. The van der Waals surface area contributed by atoms with Crippen LogP contribution in [0.3, 0.4) is 0 Å².